The van der Waals surface area contributed by atoms with Crippen molar-refractivity contribution in [2.45, 2.75) is 13.3 Å². The number of esters is 1. The van der Waals surface area contributed by atoms with Gasteiger partial charge in [-0.1, -0.05) is 13.5 Å². The maximum Gasteiger partial charge on any atom is 0.469 e. The molecule has 6 nitrogen and oxygen atoms in total. The molecule has 0 unspecified atom stereocenters. The molecule has 0 saturated heterocycles. The molecule has 0 aliphatic rings. The van der Waals surface area contributed by atoms with Crippen LogP contribution in [0.25, 0.3) is 0 Å². The van der Waals surface area contributed by atoms with E-state index in [1.807, 2.05) is 6.92 Å². The summed E-state index contributed by atoms with van der Waals surface area (Å²) in [5.41, 5.74) is -0.123. The highest BCUT2D eigenvalue weighted by Gasteiger charge is 2.17. The molecule has 0 atom stereocenters. The lowest BCUT2D eigenvalue weighted by Crippen LogP contribution is -2.11. The Morgan fingerprint density at radius 3 is 2.50 bits per heavy atom. The number of phosphoric acid groups is 1. The first-order valence-corrected chi connectivity index (χ1v) is 5.45. The second-order valence-electron chi connectivity index (χ2n) is 2.50. The SMILES string of the molecule is C=C(COP(=O)(O)O)C(=O)OCCC. The van der Waals surface area contributed by atoms with Crippen LogP contribution in [0.5, 0.6) is 0 Å². The Balaban J connectivity index is 3.85. The molecule has 0 rings (SSSR count). The summed E-state index contributed by atoms with van der Waals surface area (Å²) in [6, 6.07) is 0. The van der Waals surface area contributed by atoms with Crippen molar-refractivity contribution in [3.63, 3.8) is 0 Å². The van der Waals surface area contributed by atoms with Gasteiger partial charge >= 0.3 is 13.8 Å². The van der Waals surface area contributed by atoms with Gasteiger partial charge in [0.2, 0.25) is 0 Å². The Morgan fingerprint density at radius 2 is 2.07 bits per heavy atom. The van der Waals surface area contributed by atoms with Crippen LogP contribution in [-0.4, -0.2) is 29.0 Å². The highest BCUT2D eigenvalue weighted by Crippen LogP contribution is 2.36. The standard InChI is InChI=1S/C7H13O6P/c1-3-4-12-7(8)6(2)5-13-14(9,10)11/h2-5H2,1H3,(H2,9,10,11). The van der Waals surface area contributed by atoms with Crippen molar-refractivity contribution in [2.24, 2.45) is 0 Å². The van der Waals surface area contributed by atoms with Crippen LogP contribution >= 0.6 is 7.82 Å². The summed E-state index contributed by atoms with van der Waals surface area (Å²) in [5, 5.41) is 0. The third-order valence-electron chi connectivity index (χ3n) is 1.13. The van der Waals surface area contributed by atoms with Gasteiger partial charge < -0.3 is 14.5 Å². The Kier molecular flexibility index (Phi) is 5.64. The summed E-state index contributed by atoms with van der Waals surface area (Å²) in [4.78, 5) is 27.6. The van der Waals surface area contributed by atoms with E-state index in [4.69, 9.17) is 9.79 Å². The van der Waals surface area contributed by atoms with E-state index in [2.05, 4.69) is 15.8 Å². The molecule has 0 spiro atoms. The zero-order valence-corrected chi connectivity index (χ0v) is 8.70. The molecule has 0 aromatic heterocycles. The molecule has 0 radical (unpaired) electrons. The van der Waals surface area contributed by atoms with Crippen LogP contribution in [0.2, 0.25) is 0 Å². The third kappa shape index (κ3) is 6.80. The molecule has 0 aliphatic heterocycles. The lowest BCUT2D eigenvalue weighted by Gasteiger charge is -2.07. The molecule has 0 bridgehead atoms. The quantitative estimate of drug-likeness (QED) is 0.390. The number of hydrogen-bond acceptors (Lipinski definition) is 4. The second kappa shape index (κ2) is 5.93. The van der Waals surface area contributed by atoms with Crippen molar-refractivity contribution in [1.29, 1.82) is 0 Å². The zero-order valence-electron chi connectivity index (χ0n) is 7.80. The number of ether oxygens (including phenoxy) is 1. The molecule has 0 fully saturated rings. The van der Waals surface area contributed by atoms with Gasteiger partial charge in [-0.05, 0) is 6.42 Å². The predicted molar refractivity (Wildman–Crippen MR) is 48.4 cm³/mol. The second-order valence-corrected chi connectivity index (χ2v) is 3.74. The smallest absolute Gasteiger partial charge is 0.462 e. The molecule has 14 heavy (non-hydrogen) atoms. The highest BCUT2D eigenvalue weighted by atomic mass is 31.2. The molecular formula is C7H13O6P. The van der Waals surface area contributed by atoms with Crippen LogP contribution in [0.4, 0.5) is 0 Å². The molecule has 7 heteroatoms. The Hall–Kier alpha value is -0.680. The molecule has 0 aliphatic carbocycles. The molecule has 0 heterocycles. The van der Waals surface area contributed by atoms with E-state index >= 15 is 0 Å². The monoisotopic (exact) mass is 224 g/mol. The van der Waals surface area contributed by atoms with Gasteiger partial charge in [0, 0.05) is 0 Å². The molecule has 2 N–H and O–H groups in total. The molecular weight excluding hydrogens is 211 g/mol. The van der Waals surface area contributed by atoms with Crippen molar-refractivity contribution in [2.75, 3.05) is 13.2 Å². The largest absolute Gasteiger partial charge is 0.469 e. The molecule has 82 valence electrons. The van der Waals surface area contributed by atoms with E-state index in [9.17, 15) is 9.36 Å². The van der Waals surface area contributed by atoms with Crippen molar-refractivity contribution >= 4 is 13.8 Å². The van der Waals surface area contributed by atoms with Crippen LogP contribution in [-0.2, 0) is 18.6 Å². The van der Waals surface area contributed by atoms with Crippen LogP contribution in [0.1, 0.15) is 13.3 Å². The van der Waals surface area contributed by atoms with Gasteiger partial charge in [-0.3, -0.25) is 4.52 Å². The normalized spacial score (nSPS) is 11.1. The number of hydrogen-bond donors (Lipinski definition) is 2. The molecule has 0 saturated carbocycles. The number of carbonyl (C=O) groups is 1. The fraction of sp³-hybridized carbons (Fsp3) is 0.571. The summed E-state index contributed by atoms with van der Waals surface area (Å²) in [6.07, 6.45) is 0.665. The van der Waals surface area contributed by atoms with Crippen LogP contribution in [0.15, 0.2) is 12.2 Å². The van der Waals surface area contributed by atoms with Crippen molar-refractivity contribution < 1.29 is 28.4 Å². The fourth-order valence-corrected chi connectivity index (χ4v) is 0.842. The van der Waals surface area contributed by atoms with E-state index in [0.717, 1.165) is 0 Å². The summed E-state index contributed by atoms with van der Waals surface area (Å²) < 4.78 is 19.0. The number of rotatable bonds is 6. The number of carbonyl (C=O) groups excluding carboxylic acids is 1. The lowest BCUT2D eigenvalue weighted by atomic mass is 10.3. The van der Waals surface area contributed by atoms with Gasteiger partial charge in [-0.15, -0.1) is 0 Å². The highest BCUT2D eigenvalue weighted by molar-refractivity contribution is 7.46. The van der Waals surface area contributed by atoms with E-state index in [0.29, 0.717) is 6.42 Å². The maximum absolute atomic E-state index is 11.0. The summed E-state index contributed by atoms with van der Waals surface area (Å²) in [5.74, 6) is -0.708. The van der Waals surface area contributed by atoms with E-state index in [-0.39, 0.29) is 12.2 Å². The third-order valence-corrected chi connectivity index (χ3v) is 1.60. The first-order valence-electron chi connectivity index (χ1n) is 3.91. The first kappa shape index (κ1) is 13.3. The van der Waals surface area contributed by atoms with Crippen LogP contribution in [0.3, 0.4) is 0 Å². The summed E-state index contributed by atoms with van der Waals surface area (Å²) in [6.45, 7) is 4.80. The minimum atomic E-state index is -4.55. The van der Waals surface area contributed by atoms with E-state index < -0.39 is 20.4 Å². The van der Waals surface area contributed by atoms with Gasteiger partial charge in [0.15, 0.2) is 0 Å². The Morgan fingerprint density at radius 1 is 1.50 bits per heavy atom. The molecule has 0 amide bonds. The number of phosphoric ester groups is 1. The average Bonchev–Trinajstić information content (AvgIpc) is 2.09. The summed E-state index contributed by atoms with van der Waals surface area (Å²) in [7, 11) is -4.55. The van der Waals surface area contributed by atoms with Gasteiger partial charge in [0.25, 0.3) is 0 Å². The average molecular weight is 224 g/mol. The van der Waals surface area contributed by atoms with Crippen molar-refractivity contribution in [3.05, 3.63) is 12.2 Å². The topological polar surface area (TPSA) is 93.1 Å². The van der Waals surface area contributed by atoms with Gasteiger partial charge in [-0.2, -0.15) is 0 Å². The Labute approximate surface area is 81.8 Å². The summed E-state index contributed by atoms with van der Waals surface area (Å²) >= 11 is 0. The Bertz CT molecular complexity index is 255. The van der Waals surface area contributed by atoms with Crippen LogP contribution in [0, 0.1) is 0 Å². The minimum Gasteiger partial charge on any atom is -0.462 e. The van der Waals surface area contributed by atoms with E-state index in [1.165, 1.54) is 0 Å². The predicted octanol–water partition coefficient (Wildman–Crippen LogP) is 0.605. The molecule has 0 aromatic rings. The van der Waals surface area contributed by atoms with Crippen LogP contribution < -0.4 is 0 Å². The van der Waals surface area contributed by atoms with Gasteiger partial charge in [0.05, 0.1) is 18.8 Å². The first-order chi connectivity index (χ1) is 6.37. The molecule has 0 aromatic carbocycles. The zero-order chi connectivity index (χ0) is 11.2. The fourth-order valence-electron chi connectivity index (χ4n) is 0.518. The minimum absolute atomic E-state index is 0.123. The lowest BCUT2D eigenvalue weighted by molar-refractivity contribution is -0.139. The van der Waals surface area contributed by atoms with Crippen molar-refractivity contribution in [3.8, 4) is 0 Å². The maximum atomic E-state index is 11.0. The van der Waals surface area contributed by atoms with E-state index in [1.54, 1.807) is 0 Å². The van der Waals surface area contributed by atoms with Crippen molar-refractivity contribution in [1.82, 2.24) is 0 Å². The van der Waals surface area contributed by atoms with Gasteiger partial charge in [-0.25, -0.2) is 9.36 Å². The van der Waals surface area contributed by atoms with Gasteiger partial charge in [0.1, 0.15) is 0 Å².